The fraction of sp³-hybridized carbons (Fsp3) is 0.667. The maximum Gasteiger partial charge on any atom is 0.119 e. The molecule has 3 heteroatoms. The van der Waals surface area contributed by atoms with Crippen molar-refractivity contribution in [3.05, 3.63) is 29.8 Å². The van der Waals surface area contributed by atoms with Gasteiger partial charge in [-0.3, -0.25) is 0 Å². The van der Waals surface area contributed by atoms with E-state index in [9.17, 15) is 0 Å². The van der Waals surface area contributed by atoms with E-state index in [0.717, 1.165) is 37.6 Å². The molecule has 0 aliphatic rings. The summed E-state index contributed by atoms with van der Waals surface area (Å²) in [6.07, 6.45) is 10.00. The normalized spacial score (nSPS) is 10.8. The molecular weight excluding hydrogens is 280 g/mol. The fourth-order valence-corrected chi connectivity index (χ4v) is 2.48. The van der Waals surface area contributed by atoms with Crippen molar-refractivity contribution in [1.29, 1.82) is 0 Å². The Balaban J connectivity index is 1.99. The maximum absolute atomic E-state index is 5.77. The largest absolute Gasteiger partial charge is 0.494 e. The molecule has 120 valence electrons. The first-order valence-corrected chi connectivity index (χ1v) is 8.81. The topological polar surface area (TPSA) is 18.5 Å². The van der Waals surface area contributed by atoms with Crippen molar-refractivity contribution in [3.63, 3.8) is 0 Å². The number of hydrogen-bond donors (Lipinski definition) is 1. The molecule has 2 nitrogen and oxygen atoms in total. The minimum Gasteiger partial charge on any atom is -0.494 e. The Morgan fingerprint density at radius 1 is 0.810 bits per heavy atom. The summed E-state index contributed by atoms with van der Waals surface area (Å²) >= 11 is 4.23. The van der Waals surface area contributed by atoms with Gasteiger partial charge in [-0.05, 0) is 42.7 Å². The Kier molecular flexibility index (Phi) is 11.4. The van der Waals surface area contributed by atoms with Crippen LogP contribution in [-0.2, 0) is 11.2 Å². The van der Waals surface area contributed by atoms with E-state index in [1.165, 1.54) is 44.1 Å². The fourth-order valence-electron chi connectivity index (χ4n) is 2.26. The van der Waals surface area contributed by atoms with E-state index in [1.54, 1.807) is 7.11 Å². The summed E-state index contributed by atoms with van der Waals surface area (Å²) in [5.41, 5.74) is 1.30. The van der Waals surface area contributed by atoms with E-state index >= 15 is 0 Å². The molecule has 0 atom stereocenters. The van der Waals surface area contributed by atoms with Gasteiger partial charge in [0.25, 0.3) is 0 Å². The zero-order valence-electron chi connectivity index (χ0n) is 13.4. The minimum absolute atomic E-state index is 0.772. The predicted octanol–water partition coefficient (Wildman–Crippen LogP) is 4.91. The molecule has 0 fully saturated rings. The third-order valence-electron chi connectivity index (χ3n) is 3.59. The first-order valence-electron chi connectivity index (χ1n) is 8.18. The van der Waals surface area contributed by atoms with Crippen LogP contribution in [0.1, 0.15) is 50.5 Å². The van der Waals surface area contributed by atoms with Crippen LogP contribution >= 0.6 is 12.6 Å². The van der Waals surface area contributed by atoms with Crippen LogP contribution < -0.4 is 4.74 Å². The molecule has 1 aromatic rings. The zero-order valence-corrected chi connectivity index (χ0v) is 14.2. The van der Waals surface area contributed by atoms with Crippen LogP contribution in [0.5, 0.6) is 5.75 Å². The Bertz CT molecular complexity index is 338. The summed E-state index contributed by atoms with van der Waals surface area (Å²) in [4.78, 5) is 0. The summed E-state index contributed by atoms with van der Waals surface area (Å²) in [6, 6.07) is 8.36. The number of rotatable bonds is 13. The molecule has 0 aliphatic carbocycles. The summed E-state index contributed by atoms with van der Waals surface area (Å²) < 4.78 is 10.8. The lowest BCUT2D eigenvalue weighted by Gasteiger charge is -2.07. The van der Waals surface area contributed by atoms with Crippen LogP contribution in [-0.4, -0.2) is 26.1 Å². The van der Waals surface area contributed by atoms with Crippen LogP contribution in [0.4, 0.5) is 0 Å². The van der Waals surface area contributed by atoms with E-state index in [1.807, 2.05) is 0 Å². The quantitative estimate of drug-likeness (QED) is 0.412. The molecule has 0 saturated heterocycles. The third kappa shape index (κ3) is 9.81. The molecule has 0 heterocycles. The third-order valence-corrected chi connectivity index (χ3v) is 3.91. The van der Waals surface area contributed by atoms with Gasteiger partial charge >= 0.3 is 0 Å². The van der Waals surface area contributed by atoms with Crippen LogP contribution in [0.15, 0.2) is 24.3 Å². The van der Waals surface area contributed by atoms with Gasteiger partial charge in [0.1, 0.15) is 5.75 Å². The van der Waals surface area contributed by atoms with Gasteiger partial charge in [0.05, 0.1) is 13.2 Å². The number of ether oxygens (including phenoxy) is 2. The van der Waals surface area contributed by atoms with E-state index in [2.05, 4.69) is 36.9 Å². The molecule has 0 radical (unpaired) electrons. The van der Waals surface area contributed by atoms with E-state index in [0.29, 0.717) is 0 Å². The second kappa shape index (κ2) is 13.0. The molecule has 1 aromatic carbocycles. The summed E-state index contributed by atoms with van der Waals surface area (Å²) in [5.74, 6) is 2.00. The number of methoxy groups -OCH3 is 1. The van der Waals surface area contributed by atoms with Gasteiger partial charge in [-0.15, -0.1) is 0 Å². The molecule has 1 rings (SSSR count). The van der Waals surface area contributed by atoms with E-state index in [-0.39, 0.29) is 0 Å². The van der Waals surface area contributed by atoms with Crippen LogP contribution in [0.2, 0.25) is 0 Å². The molecule has 0 N–H and O–H groups in total. The summed E-state index contributed by atoms with van der Waals surface area (Å²) in [5, 5.41) is 0. The monoisotopic (exact) mass is 310 g/mol. The molecule has 0 bridgehead atoms. The lowest BCUT2D eigenvalue weighted by Crippen LogP contribution is -1.98. The molecule has 0 amide bonds. The lowest BCUT2D eigenvalue weighted by atomic mass is 10.1. The maximum atomic E-state index is 5.77. The van der Waals surface area contributed by atoms with Gasteiger partial charge in [0, 0.05) is 7.11 Å². The van der Waals surface area contributed by atoms with E-state index in [4.69, 9.17) is 9.47 Å². The molecule has 0 aromatic heterocycles. The Hall–Kier alpha value is -0.670. The first-order chi connectivity index (χ1) is 10.4. The lowest BCUT2D eigenvalue weighted by molar-refractivity contribution is 0.202. The molecule has 0 unspecified atom stereocenters. The molecular formula is C18H30O2S. The van der Waals surface area contributed by atoms with Gasteiger partial charge in [0.15, 0.2) is 0 Å². The average molecular weight is 311 g/mol. The van der Waals surface area contributed by atoms with Gasteiger partial charge in [-0.1, -0.05) is 44.2 Å². The first kappa shape index (κ1) is 18.4. The number of thiol groups is 1. The van der Waals surface area contributed by atoms with E-state index < -0.39 is 0 Å². The SMILES string of the molecule is COCCc1ccc(OCCCCCCCCCS)cc1. The standard InChI is InChI=1S/C18H30O2S/c1-19-15-13-17-9-11-18(12-10-17)20-14-7-5-3-2-4-6-8-16-21/h9-12,21H,2-8,13-16H2,1H3. The van der Waals surface area contributed by atoms with Crippen molar-refractivity contribution in [3.8, 4) is 5.75 Å². The van der Waals surface area contributed by atoms with Crippen molar-refractivity contribution in [1.82, 2.24) is 0 Å². The van der Waals surface area contributed by atoms with Crippen molar-refractivity contribution in [2.75, 3.05) is 26.1 Å². The second-order valence-electron chi connectivity index (χ2n) is 5.43. The minimum atomic E-state index is 0.772. The Morgan fingerprint density at radius 2 is 1.43 bits per heavy atom. The number of benzene rings is 1. The van der Waals surface area contributed by atoms with Gasteiger partial charge in [-0.2, -0.15) is 12.6 Å². The van der Waals surface area contributed by atoms with Gasteiger partial charge in [0.2, 0.25) is 0 Å². The Labute approximate surface area is 135 Å². The van der Waals surface area contributed by atoms with Gasteiger partial charge < -0.3 is 9.47 Å². The highest BCUT2D eigenvalue weighted by atomic mass is 32.1. The van der Waals surface area contributed by atoms with Crippen molar-refractivity contribution < 1.29 is 9.47 Å². The van der Waals surface area contributed by atoms with Crippen molar-refractivity contribution in [2.45, 2.75) is 51.4 Å². The van der Waals surface area contributed by atoms with Crippen molar-refractivity contribution >= 4 is 12.6 Å². The molecule has 0 aliphatic heterocycles. The average Bonchev–Trinajstić information content (AvgIpc) is 2.52. The van der Waals surface area contributed by atoms with Crippen LogP contribution in [0, 0.1) is 0 Å². The van der Waals surface area contributed by atoms with Gasteiger partial charge in [-0.25, -0.2) is 0 Å². The molecule has 0 spiro atoms. The van der Waals surface area contributed by atoms with Crippen LogP contribution in [0.3, 0.4) is 0 Å². The van der Waals surface area contributed by atoms with Crippen LogP contribution in [0.25, 0.3) is 0 Å². The second-order valence-corrected chi connectivity index (χ2v) is 5.88. The molecule has 0 saturated carbocycles. The predicted molar refractivity (Wildman–Crippen MR) is 93.7 cm³/mol. The number of hydrogen-bond acceptors (Lipinski definition) is 3. The Morgan fingerprint density at radius 3 is 2.05 bits per heavy atom. The summed E-state index contributed by atoms with van der Waals surface area (Å²) in [7, 11) is 1.73. The smallest absolute Gasteiger partial charge is 0.119 e. The molecule has 21 heavy (non-hydrogen) atoms. The highest BCUT2D eigenvalue weighted by Crippen LogP contribution is 2.14. The summed E-state index contributed by atoms with van der Waals surface area (Å²) in [6.45, 7) is 1.60. The zero-order chi connectivity index (χ0) is 15.2. The highest BCUT2D eigenvalue weighted by Gasteiger charge is 1.97. The van der Waals surface area contributed by atoms with Crippen molar-refractivity contribution in [2.24, 2.45) is 0 Å². The highest BCUT2D eigenvalue weighted by molar-refractivity contribution is 7.80. The number of unbranched alkanes of at least 4 members (excludes halogenated alkanes) is 6.